The Kier molecular flexibility index (Phi) is 18.4. The van der Waals surface area contributed by atoms with Crippen LogP contribution >= 0.6 is 0 Å². The van der Waals surface area contributed by atoms with Crippen LogP contribution in [0.15, 0.2) is 194 Å². The molecule has 101 heavy (non-hydrogen) atoms. The van der Waals surface area contributed by atoms with Crippen LogP contribution in [0, 0.1) is 22.5 Å². The van der Waals surface area contributed by atoms with Gasteiger partial charge in [-0.25, -0.2) is 8.78 Å². The van der Waals surface area contributed by atoms with Crippen molar-refractivity contribution in [2.45, 2.75) is 164 Å². The van der Waals surface area contributed by atoms with E-state index in [9.17, 15) is 10.2 Å². The summed E-state index contributed by atoms with van der Waals surface area (Å²) in [5, 5.41) is 26.5. The fourth-order valence-corrected chi connectivity index (χ4v) is 17.2. The Morgan fingerprint density at radius 3 is 0.960 bits per heavy atom. The van der Waals surface area contributed by atoms with Gasteiger partial charge in [-0.1, -0.05) is 156 Å². The summed E-state index contributed by atoms with van der Waals surface area (Å²) in [7, 11) is 0. The van der Waals surface area contributed by atoms with Gasteiger partial charge in [0, 0.05) is 111 Å². The number of phenolic OH excluding ortho intramolecular Hbond substituents is 2. The molecule has 0 amide bonds. The number of nitrogens with zero attached hydrogens (tertiary/aromatic N) is 4. The molecule has 0 bridgehead atoms. The van der Waals surface area contributed by atoms with Crippen LogP contribution in [-0.2, 0) is 36.5 Å². The van der Waals surface area contributed by atoms with Crippen molar-refractivity contribution in [2.24, 2.45) is 10.8 Å². The van der Waals surface area contributed by atoms with E-state index in [0.717, 1.165) is 110 Å². The molecule has 4 heterocycles. The molecule has 14 rings (SSSR count). The van der Waals surface area contributed by atoms with Gasteiger partial charge < -0.3 is 39.3 Å². The van der Waals surface area contributed by atoms with Crippen LogP contribution in [0.3, 0.4) is 0 Å². The van der Waals surface area contributed by atoms with Crippen molar-refractivity contribution < 1.29 is 28.5 Å². The minimum Gasteiger partial charge on any atom is -0.507 e. The largest absolute Gasteiger partial charge is 0.507 e. The number of phenols is 2. The van der Waals surface area contributed by atoms with E-state index in [1.807, 2.05) is 0 Å². The van der Waals surface area contributed by atoms with E-state index in [0.29, 0.717) is 64.1 Å². The molecule has 0 radical (unpaired) electrons. The Morgan fingerprint density at radius 1 is 0.366 bits per heavy atom. The van der Waals surface area contributed by atoms with Crippen LogP contribution in [-0.4, -0.2) is 48.6 Å². The van der Waals surface area contributed by atoms with Crippen molar-refractivity contribution in [3.8, 4) is 67.5 Å². The maximum Gasteiger partial charge on any atom is 0.131 e. The molecule has 2 N–H and O–H groups in total. The highest BCUT2D eigenvalue weighted by atomic mass is 19.1. The van der Waals surface area contributed by atoms with E-state index >= 15 is 8.78 Å². The van der Waals surface area contributed by atoms with Gasteiger partial charge in [-0.05, 0) is 239 Å². The first-order chi connectivity index (χ1) is 48.3. The molecule has 4 aliphatic heterocycles. The second kappa shape index (κ2) is 27.1. The van der Waals surface area contributed by atoms with Gasteiger partial charge in [0.25, 0.3) is 0 Å². The summed E-state index contributed by atoms with van der Waals surface area (Å²) in [5.74, 6) is 0.0279. The van der Waals surface area contributed by atoms with E-state index in [1.54, 1.807) is 12.1 Å². The summed E-state index contributed by atoms with van der Waals surface area (Å²) in [5.41, 5.74) is 20.1. The summed E-state index contributed by atoms with van der Waals surface area (Å²) in [4.78, 5) is 9.59. The van der Waals surface area contributed by atoms with Crippen molar-refractivity contribution >= 4 is 45.5 Å². The standard InChI is InChI=1S/C91H98F2N4O4/c1-13-72(100-84-33-31-66(92)51-76(84)78-49-64(90(9,10)56-88(3,4)5)47-74(86(78)98)62-43-68(94-39-35-58-23-15-19-27-80(58)94)53-69(44-62)95-40-36-59-24-16-20-28-81(59)95)55-73(14-2)101-85-34-32-67(93)52-77(85)79-50-65(91(11,12)57-89(6,7)8)48-75(87(79)99)63-45-70(96-41-37-60-25-17-21-29-82(60)96)54-71(46-63)97-42-38-61-26-18-22-30-83(61)97/h15-34,43-54,72-73,98-99H,13-14,35-42,55-57H2,1-12H3/t72-,73+. The molecule has 0 saturated heterocycles. The molecular formula is C91H98F2N4O4. The molecular weight excluding hydrogens is 1250 g/mol. The summed E-state index contributed by atoms with van der Waals surface area (Å²) < 4.78 is 47.0. The maximum absolute atomic E-state index is 16.3. The van der Waals surface area contributed by atoms with Gasteiger partial charge >= 0.3 is 0 Å². The Balaban J connectivity index is 0.836. The van der Waals surface area contributed by atoms with Crippen LogP contribution in [0.2, 0.25) is 0 Å². The van der Waals surface area contributed by atoms with Gasteiger partial charge in [-0.15, -0.1) is 0 Å². The highest BCUT2D eigenvalue weighted by Crippen LogP contribution is 2.53. The van der Waals surface area contributed by atoms with Crippen molar-refractivity contribution in [1.82, 2.24) is 0 Å². The second-order valence-electron chi connectivity index (χ2n) is 32.5. The smallest absolute Gasteiger partial charge is 0.131 e. The normalized spacial score (nSPS) is 15.0. The lowest BCUT2D eigenvalue weighted by molar-refractivity contribution is 0.106. The molecule has 0 saturated carbocycles. The van der Waals surface area contributed by atoms with Crippen molar-refractivity contribution in [3.63, 3.8) is 0 Å². The third-order valence-corrected chi connectivity index (χ3v) is 21.4. The zero-order chi connectivity index (χ0) is 70.9. The lowest BCUT2D eigenvalue weighted by Gasteiger charge is -2.34. The minimum atomic E-state index is -0.454. The van der Waals surface area contributed by atoms with Gasteiger partial charge in [-0.3, -0.25) is 0 Å². The molecule has 0 spiro atoms. The van der Waals surface area contributed by atoms with E-state index in [2.05, 4.69) is 260 Å². The van der Waals surface area contributed by atoms with Crippen LogP contribution in [0.4, 0.5) is 54.3 Å². The Hall–Kier alpha value is -9.54. The lowest BCUT2D eigenvalue weighted by atomic mass is 9.71. The molecule has 2 atom stereocenters. The third kappa shape index (κ3) is 14.0. The van der Waals surface area contributed by atoms with Crippen LogP contribution in [0.25, 0.3) is 44.5 Å². The molecule has 0 fully saturated rings. The minimum absolute atomic E-state index is 0.0364. The SMILES string of the molecule is CC[C@H](C[C@H](CC)Oc1ccc(F)cc1-c1cc(C(C)(C)CC(C)(C)C)cc(-c2cc(N3CCc4ccccc43)cc(N3CCc4ccccc43)c2)c1O)Oc1ccc(F)cc1-c1cc(C(C)(C)CC(C)(C)C)cc(-c2cc(N3CCc4ccccc43)cc(N3CCc4ccccc43)c2)c1O. The predicted octanol–water partition coefficient (Wildman–Crippen LogP) is 23.7. The van der Waals surface area contributed by atoms with Gasteiger partial charge in [0.15, 0.2) is 0 Å². The van der Waals surface area contributed by atoms with Crippen LogP contribution in [0.1, 0.15) is 149 Å². The molecule has 10 aromatic carbocycles. The highest BCUT2D eigenvalue weighted by molar-refractivity contribution is 5.92. The summed E-state index contributed by atoms with van der Waals surface area (Å²) in [6, 6.07) is 65.6. The lowest BCUT2D eigenvalue weighted by Crippen LogP contribution is -2.27. The van der Waals surface area contributed by atoms with Gasteiger partial charge in [0.1, 0.15) is 46.8 Å². The first kappa shape index (κ1) is 68.6. The number of halogens is 2. The van der Waals surface area contributed by atoms with E-state index in [1.165, 1.54) is 69.3 Å². The van der Waals surface area contributed by atoms with E-state index in [-0.39, 0.29) is 33.2 Å². The zero-order valence-electron chi connectivity index (χ0n) is 61.1. The van der Waals surface area contributed by atoms with E-state index in [4.69, 9.17) is 9.47 Å². The Bertz CT molecular complexity index is 4320. The molecule has 0 aliphatic carbocycles. The monoisotopic (exact) mass is 1350 g/mol. The number of anilines is 8. The van der Waals surface area contributed by atoms with Gasteiger partial charge in [0.2, 0.25) is 0 Å². The van der Waals surface area contributed by atoms with Crippen LogP contribution in [0.5, 0.6) is 23.0 Å². The average Bonchev–Trinajstić information content (AvgIpc) is 1.51. The quantitative estimate of drug-likeness (QED) is 0.0782. The summed E-state index contributed by atoms with van der Waals surface area (Å²) >= 11 is 0. The first-order valence-corrected chi connectivity index (χ1v) is 36.7. The predicted molar refractivity (Wildman–Crippen MR) is 415 cm³/mol. The number of benzene rings is 10. The summed E-state index contributed by atoms with van der Waals surface area (Å²) in [6.07, 6.45) is 6.02. The zero-order valence-corrected chi connectivity index (χ0v) is 61.1. The van der Waals surface area contributed by atoms with Crippen molar-refractivity contribution in [3.05, 3.63) is 239 Å². The third-order valence-electron chi connectivity index (χ3n) is 21.4. The number of fused-ring (bicyclic) bond motifs is 4. The van der Waals surface area contributed by atoms with Crippen molar-refractivity contribution in [2.75, 3.05) is 45.8 Å². The molecule has 10 heteroatoms. The van der Waals surface area contributed by atoms with Gasteiger partial charge in [0.05, 0.1) is 0 Å². The Labute approximate surface area is 597 Å². The molecule has 10 aromatic rings. The number of ether oxygens (including phenoxy) is 2. The number of aromatic hydroxyl groups is 2. The number of hydrogen-bond donors (Lipinski definition) is 2. The van der Waals surface area contributed by atoms with Crippen LogP contribution < -0.4 is 29.1 Å². The fourth-order valence-electron chi connectivity index (χ4n) is 17.2. The average molecular weight is 1350 g/mol. The summed E-state index contributed by atoms with van der Waals surface area (Å²) in [6.45, 7) is 30.0. The van der Waals surface area contributed by atoms with Crippen molar-refractivity contribution in [1.29, 1.82) is 0 Å². The fraction of sp³-hybridized carbons (Fsp3) is 0.341. The van der Waals surface area contributed by atoms with Gasteiger partial charge in [-0.2, -0.15) is 0 Å². The Morgan fingerprint density at radius 2 is 0.663 bits per heavy atom. The number of hydrogen-bond acceptors (Lipinski definition) is 8. The molecule has 0 aromatic heterocycles. The second-order valence-corrected chi connectivity index (χ2v) is 32.5. The number of para-hydroxylation sites is 4. The molecule has 520 valence electrons. The van der Waals surface area contributed by atoms with E-state index < -0.39 is 23.8 Å². The molecule has 8 nitrogen and oxygen atoms in total. The molecule has 4 aliphatic rings. The topological polar surface area (TPSA) is 71.9 Å². The highest BCUT2D eigenvalue weighted by Gasteiger charge is 2.35. The maximum atomic E-state index is 16.3. The molecule has 0 unspecified atom stereocenters. The number of rotatable bonds is 20. The first-order valence-electron chi connectivity index (χ1n) is 36.7.